The second-order valence-electron chi connectivity index (χ2n) is 12.5. The highest BCUT2D eigenvalue weighted by Crippen LogP contribution is 2.42. The SMILES string of the molecule is c1ccc2c(-c3ccc4cc(-c5c6ccccc6cc6c5ccc5ccccc56)ccc4c3)c3ccc4ccccc4c3cc2c1. The summed E-state index contributed by atoms with van der Waals surface area (Å²) in [6.45, 7) is 0. The van der Waals surface area contributed by atoms with Crippen LogP contribution in [0.2, 0.25) is 0 Å². The van der Waals surface area contributed by atoms with Crippen molar-refractivity contribution in [2.24, 2.45) is 0 Å². The van der Waals surface area contributed by atoms with E-state index in [1.54, 1.807) is 0 Å². The molecule has 0 aliphatic heterocycles. The largest absolute Gasteiger partial charge is 0.0616 e. The van der Waals surface area contributed by atoms with Crippen LogP contribution in [0.15, 0.2) is 170 Å². The van der Waals surface area contributed by atoms with Crippen molar-refractivity contribution >= 4 is 75.4 Å². The highest BCUT2D eigenvalue weighted by Gasteiger charge is 2.15. The van der Waals surface area contributed by atoms with Crippen molar-refractivity contribution in [3.63, 3.8) is 0 Å². The van der Waals surface area contributed by atoms with E-state index < -0.39 is 0 Å². The van der Waals surface area contributed by atoms with Crippen LogP contribution in [0.3, 0.4) is 0 Å². The van der Waals surface area contributed by atoms with E-state index in [-0.39, 0.29) is 0 Å². The number of benzene rings is 10. The fourth-order valence-electron chi connectivity index (χ4n) is 7.82. The molecule has 0 fully saturated rings. The Morgan fingerprint density at radius 3 is 1.02 bits per heavy atom. The van der Waals surface area contributed by atoms with Gasteiger partial charge < -0.3 is 0 Å². The molecule has 0 aromatic heterocycles. The van der Waals surface area contributed by atoms with Gasteiger partial charge in [0.1, 0.15) is 0 Å². The second-order valence-corrected chi connectivity index (χ2v) is 12.5. The Morgan fingerprint density at radius 2 is 0.565 bits per heavy atom. The maximum Gasteiger partial charge on any atom is -0.00264 e. The number of hydrogen-bond donors (Lipinski definition) is 0. The molecule has 0 aliphatic rings. The van der Waals surface area contributed by atoms with Gasteiger partial charge in [-0.15, -0.1) is 0 Å². The van der Waals surface area contributed by atoms with Crippen LogP contribution >= 0.6 is 0 Å². The first-order valence-electron chi connectivity index (χ1n) is 16.0. The molecule has 10 rings (SSSR count). The summed E-state index contributed by atoms with van der Waals surface area (Å²) < 4.78 is 0. The zero-order chi connectivity index (χ0) is 30.2. The van der Waals surface area contributed by atoms with Crippen LogP contribution in [0.25, 0.3) is 97.7 Å². The van der Waals surface area contributed by atoms with Gasteiger partial charge in [-0.1, -0.05) is 146 Å². The molecular formula is C46H28. The Kier molecular flexibility index (Phi) is 5.38. The molecule has 0 aliphatic carbocycles. The molecule has 0 spiro atoms. The molecule has 0 bridgehead atoms. The van der Waals surface area contributed by atoms with E-state index in [9.17, 15) is 0 Å². The van der Waals surface area contributed by atoms with Crippen LogP contribution < -0.4 is 0 Å². The minimum absolute atomic E-state index is 1.25. The van der Waals surface area contributed by atoms with Crippen molar-refractivity contribution in [3.05, 3.63) is 170 Å². The zero-order valence-corrected chi connectivity index (χ0v) is 25.2. The molecule has 0 unspecified atom stereocenters. The lowest BCUT2D eigenvalue weighted by atomic mass is 9.87. The van der Waals surface area contributed by atoms with Gasteiger partial charge >= 0.3 is 0 Å². The molecule has 0 saturated heterocycles. The van der Waals surface area contributed by atoms with Crippen molar-refractivity contribution in [1.29, 1.82) is 0 Å². The standard InChI is InChI=1S/C46H28/c1-5-13-37-29(9-1)21-23-41-43(37)27-33-11-3-7-15-39(33)45(41)35-19-17-32-26-36(20-18-31(32)25-35)46-40-16-8-4-12-34(40)28-44-38-14-6-2-10-30(38)22-24-42(44)46/h1-28H. The normalized spacial score (nSPS) is 11.9. The minimum Gasteiger partial charge on any atom is -0.0616 e. The van der Waals surface area contributed by atoms with E-state index in [4.69, 9.17) is 0 Å². The van der Waals surface area contributed by atoms with Crippen LogP contribution in [-0.4, -0.2) is 0 Å². The summed E-state index contributed by atoms with van der Waals surface area (Å²) in [6.07, 6.45) is 0. The molecule has 212 valence electrons. The smallest absolute Gasteiger partial charge is 0.00264 e. The van der Waals surface area contributed by atoms with Crippen molar-refractivity contribution in [1.82, 2.24) is 0 Å². The number of rotatable bonds is 2. The van der Waals surface area contributed by atoms with Crippen molar-refractivity contribution in [3.8, 4) is 22.3 Å². The maximum atomic E-state index is 2.38. The Balaban J connectivity index is 1.21. The molecule has 46 heavy (non-hydrogen) atoms. The highest BCUT2D eigenvalue weighted by atomic mass is 14.2. The Hall–Kier alpha value is -5.98. The van der Waals surface area contributed by atoms with Gasteiger partial charge in [0.05, 0.1) is 0 Å². The summed E-state index contributed by atoms with van der Waals surface area (Å²) in [5.74, 6) is 0. The van der Waals surface area contributed by atoms with Crippen molar-refractivity contribution in [2.75, 3.05) is 0 Å². The lowest BCUT2D eigenvalue weighted by Gasteiger charge is -2.16. The molecule has 0 radical (unpaired) electrons. The average molecular weight is 581 g/mol. The van der Waals surface area contributed by atoms with Crippen LogP contribution in [0.5, 0.6) is 0 Å². The molecule has 0 nitrogen and oxygen atoms in total. The van der Waals surface area contributed by atoms with Gasteiger partial charge in [-0.05, 0) is 122 Å². The van der Waals surface area contributed by atoms with E-state index in [1.165, 1.54) is 97.7 Å². The van der Waals surface area contributed by atoms with Gasteiger partial charge in [0.2, 0.25) is 0 Å². The molecule has 0 atom stereocenters. The fourth-order valence-corrected chi connectivity index (χ4v) is 7.82. The first-order valence-corrected chi connectivity index (χ1v) is 16.0. The third-order valence-corrected chi connectivity index (χ3v) is 9.96. The fraction of sp³-hybridized carbons (Fsp3) is 0. The average Bonchev–Trinajstić information content (AvgIpc) is 3.12. The van der Waals surface area contributed by atoms with Crippen LogP contribution in [-0.2, 0) is 0 Å². The van der Waals surface area contributed by atoms with Gasteiger partial charge in [0.25, 0.3) is 0 Å². The van der Waals surface area contributed by atoms with Crippen LogP contribution in [0.4, 0.5) is 0 Å². The summed E-state index contributed by atoms with van der Waals surface area (Å²) in [6, 6.07) is 62.9. The number of hydrogen-bond acceptors (Lipinski definition) is 0. The molecular weight excluding hydrogens is 553 g/mol. The van der Waals surface area contributed by atoms with Crippen LogP contribution in [0.1, 0.15) is 0 Å². The van der Waals surface area contributed by atoms with Gasteiger partial charge in [-0.3, -0.25) is 0 Å². The molecule has 0 amide bonds. The predicted octanol–water partition coefficient (Wildman–Crippen LogP) is 13.1. The first kappa shape index (κ1) is 25.4. The zero-order valence-electron chi connectivity index (χ0n) is 25.2. The first-order chi connectivity index (χ1) is 22.8. The van der Waals surface area contributed by atoms with Gasteiger partial charge in [-0.2, -0.15) is 0 Å². The van der Waals surface area contributed by atoms with Crippen molar-refractivity contribution < 1.29 is 0 Å². The van der Waals surface area contributed by atoms with E-state index in [0.717, 1.165) is 0 Å². The van der Waals surface area contributed by atoms with E-state index >= 15 is 0 Å². The van der Waals surface area contributed by atoms with Gasteiger partial charge in [-0.25, -0.2) is 0 Å². The molecule has 10 aromatic carbocycles. The van der Waals surface area contributed by atoms with Crippen molar-refractivity contribution in [2.45, 2.75) is 0 Å². The molecule has 10 aromatic rings. The summed E-state index contributed by atoms with van der Waals surface area (Å²) in [5, 5.41) is 18.0. The topological polar surface area (TPSA) is 0 Å². The quantitative estimate of drug-likeness (QED) is 0.141. The summed E-state index contributed by atoms with van der Waals surface area (Å²) >= 11 is 0. The molecule has 0 saturated carbocycles. The predicted molar refractivity (Wildman–Crippen MR) is 200 cm³/mol. The third kappa shape index (κ3) is 3.74. The van der Waals surface area contributed by atoms with Gasteiger partial charge in [0, 0.05) is 0 Å². The minimum atomic E-state index is 1.25. The third-order valence-electron chi connectivity index (χ3n) is 9.96. The Morgan fingerprint density at radius 1 is 0.196 bits per heavy atom. The Bertz CT molecular complexity index is 2660. The lowest BCUT2D eigenvalue weighted by molar-refractivity contribution is 1.69. The van der Waals surface area contributed by atoms with E-state index in [0.29, 0.717) is 0 Å². The van der Waals surface area contributed by atoms with E-state index in [1.807, 2.05) is 0 Å². The summed E-state index contributed by atoms with van der Waals surface area (Å²) in [4.78, 5) is 0. The molecule has 0 heteroatoms. The molecule has 0 heterocycles. The lowest BCUT2D eigenvalue weighted by Crippen LogP contribution is -1.89. The second kappa shape index (κ2) is 9.76. The maximum absolute atomic E-state index is 2.38. The number of fused-ring (bicyclic) bond motifs is 9. The van der Waals surface area contributed by atoms with E-state index in [2.05, 4.69) is 170 Å². The van der Waals surface area contributed by atoms with Crippen LogP contribution in [0, 0.1) is 0 Å². The summed E-state index contributed by atoms with van der Waals surface area (Å²) in [7, 11) is 0. The molecule has 0 N–H and O–H groups in total. The highest BCUT2D eigenvalue weighted by molar-refractivity contribution is 6.22. The van der Waals surface area contributed by atoms with Gasteiger partial charge in [0.15, 0.2) is 0 Å². The summed E-state index contributed by atoms with van der Waals surface area (Å²) in [5.41, 5.74) is 5.10. The monoisotopic (exact) mass is 580 g/mol. The Labute approximate surface area is 266 Å².